The predicted molar refractivity (Wildman–Crippen MR) is 111 cm³/mol. The number of rotatable bonds is 6. The Hall–Kier alpha value is -3.09. The van der Waals surface area contributed by atoms with E-state index in [9.17, 15) is 22.8 Å². The molecule has 0 fully saturated rings. The van der Waals surface area contributed by atoms with Crippen LogP contribution in [0.1, 0.15) is 53.6 Å². The number of aryl methyl sites for hydroxylation is 2. The zero-order valence-electron chi connectivity index (χ0n) is 17.2. The van der Waals surface area contributed by atoms with Crippen LogP contribution in [0.4, 0.5) is 13.2 Å². The van der Waals surface area contributed by atoms with Gasteiger partial charge in [-0.1, -0.05) is 30.3 Å². The van der Waals surface area contributed by atoms with Crippen molar-refractivity contribution in [3.63, 3.8) is 0 Å². The molecule has 0 saturated heterocycles. The van der Waals surface area contributed by atoms with E-state index in [2.05, 4.69) is 17.4 Å². The second kappa shape index (κ2) is 9.81. The van der Waals surface area contributed by atoms with Crippen LogP contribution in [0.2, 0.25) is 0 Å². The lowest BCUT2D eigenvalue weighted by Gasteiger charge is -2.20. The van der Waals surface area contributed by atoms with Crippen molar-refractivity contribution in [3.8, 4) is 0 Å². The van der Waals surface area contributed by atoms with E-state index in [0.717, 1.165) is 36.6 Å². The zero-order chi connectivity index (χ0) is 22.4. The minimum atomic E-state index is -4.46. The molecule has 2 aromatic carbocycles. The number of carbonyl (C=O) groups is 2. The fraction of sp³-hybridized carbons (Fsp3) is 0.333. The molecule has 0 heterocycles. The van der Waals surface area contributed by atoms with E-state index >= 15 is 0 Å². The molecule has 0 radical (unpaired) electrons. The van der Waals surface area contributed by atoms with Gasteiger partial charge in [0.2, 0.25) is 0 Å². The molecule has 1 N–H and O–H groups in total. The summed E-state index contributed by atoms with van der Waals surface area (Å²) < 4.78 is 43.1. The van der Waals surface area contributed by atoms with E-state index < -0.39 is 30.2 Å². The molecule has 0 bridgehead atoms. The third kappa shape index (κ3) is 6.44. The van der Waals surface area contributed by atoms with Gasteiger partial charge in [0.25, 0.3) is 5.91 Å². The topological polar surface area (TPSA) is 55.4 Å². The summed E-state index contributed by atoms with van der Waals surface area (Å²) >= 11 is 0. The Bertz CT molecular complexity index is 982. The van der Waals surface area contributed by atoms with Crippen molar-refractivity contribution in [2.75, 3.05) is 6.61 Å². The Morgan fingerprint density at radius 2 is 1.84 bits per heavy atom. The van der Waals surface area contributed by atoms with Crippen LogP contribution in [0.3, 0.4) is 0 Å². The molecule has 1 atom stereocenters. The van der Waals surface area contributed by atoms with E-state index in [0.29, 0.717) is 0 Å². The van der Waals surface area contributed by atoms with Gasteiger partial charge in [-0.25, -0.2) is 4.79 Å². The van der Waals surface area contributed by atoms with Crippen LogP contribution in [0, 0.1) is 0 Å². The first-order valence-corrected chi connectivity index (χ1v) is 10.2. The van der Waals surface area contributed by atoms with Crippen LogP contribution >= 0.6 is 0 Å². The average molecular weight is 431 g/mol. The number of amides is 1. The Morgan fingerprint density at radius 1 is 1.10 bits per heavy atom. The van der Waals surface area contributed by atoms with E-state index in [1.165, 1.54) is 42.2 Å². The van der Waals surface area contributed by atoms with Gasteiger partial charge in [0.05, 0.1) is 11.6 Å². The van der Waals surface area contributed by atoms with Gasteiger partial charge in [-0.05, 0) is 73.1 Å². The van der Waals surface area contributed by atoms with Crippen LogP contribution in [0.25, 0.3) is 6.08 Å². The summed E-state index contributed by atoms with van der Waals surface area (Å²) in [6.45, 7) is 1.39. The first-order chi connectivity index (χ1) is 14.7. The molecule has 7 heteroatoms. The largest absolute Gasteiger partial charge is 0.452 e. The molecule has 1 unspecified atom stereocenters. The van der Waals surface area contributed by atoms with Gasteiger partial charge in [0.1, 0.15) is 0 Å². The number of hydrogen-bond donors (Lipinski definition) is 1. The highest BCUT2D eigenvalue weighted by Gasteiger charge is 2.30. The van der Waals surface area contributed by atoms with Crippen LogP contribution in [-0.4, -0.2) is 18.5 Å². The summed E-state index contributed by atoms with van der Waals surface area (Å²) in [7, 11) is 0. The lowest BCUT2D eigenvalue weighted by atomic mass is 9.89. The summed E-state index contributed by atoms with van der Waals surface area (Å²) in [6.07, 6.45) is 2.24. The molecular weight excluding hydrogens is 407 g/mol. The molecule has 1 aliphatic carbocycles. The number of benzene rings is 2. The Balaban J connectivity index is 1.49. The van der Waals surface area contributed by atoms with Crippen molar-refractivity contribution >= 4 is 18.0 Å². The molecule has 0 aliphatic heterocycles. The minimum Gasteiger partial charge on any atom is -0.452 e. The Kier molecular flexibility index (Phi) is 7.15. The van der Waals surface area contributed by atoms with E-state index in [1.807, 2.05) is 13.0 Å². The van der Waals surface area contributed by atoms with Gasteiger partial charge in [-0.2, -0.15) is 13.2 Å². The maximum absolute atomic E-state index is 12.7. The molecule has 0 saturated carbocycles. The second-order valence-corrected chi connectivity index (χ2v) is 7.59. The molecular formula is C24H24F3NO3. The fourth-order valence-electron chi connectivity index (χ4n) is 3.56. The lowest BCUT2D eigenvalue weighted by Crippen LogP contribution is -2.31. The van der Waals surface area contributed by atoms with Crippen molar-refractivity contribution in [1.82, 2.24) is 5.32 Å². The molecule has 1 amide bonds. The molecule has 31 heavy (non-hydrogen) atoms. The van der Waals surface area contributed by atoms with Crippen molar-refractivity contribution in [3.05, 3.63) is 76.4 Å². The fourth-order valence-corrected chi connectivity index (χ4v) is 3.56. The number of carbonyl (C=O) groups excluding carboxylic acids is 2. The first kappa shape index (κ1) is 22.6. The summed E-state index contributed by atoms with van der Waals surface area (Å²) in [5.74, 6) is -1.26. The first-order valence-electron chi connectivity index (χ1n) is 10.2. The van der Waals surface area contributed by atoms with Crippen molar-refractivity contribution < 1.29 is 27.5 Å². The standard InChI is InChI=1S/C24H24F3NO3/c1-16(19-11-10-18-6-2-3-7-20(18)14-19)28-22(29)15-31-23(30)12-9-17-5-4-8-21(13-17)24(25,26)27/h4-5,8-14,16H,2-3,6-7,15H2,1H3,(H,28,29)/b12-9+. The maximum Gasteiger partial charge on any atom is 0.416 e. The number of ether oxygens (including phenoxy) is 1. The molecule has 0 spiro atoms. The summed E-state index contributed by atoms with van der Waals surface area (Å²) in [5, 5.41) is 2.79. The van der Waals surface area contributed by atoms with Gasteiger partial charge in [-0.3, -0.25) is 4.79 Å². The van der Waals surface area contributed by atoms with E-state index in [-0.39, 0.29) is 11.6 Å². The highest BCUT2D eigenvalue weighted by atomic mass is 19.4. The van der Waals surface area contributed by atoms with Crippen molar-refractivity contribution in [2.24, 2.45) is 0 Å². The zero-order valence-corrected chi connectivity index (χ0v) is 17.2. The number of halogens is 3. The summed E-state index contributed by atoms with van der Waals surface area (Å²) in [5.41, 5.74) is 3.06. The third-order valence-corrected chi connectivity index (χ3v) is 5.22. The molecule has 164 valence electrons. The highest BCUT2D eigenvalue weighted by Crippen LogP contribution is 2.29. The van der Waals surface area contributed by atoms with Gasteiger partial charge in [-0.15, -0.1) is 0 Å². The Labute approximate surface area is 179 Å². The van der Waals surface area contributed by atoms with E-state index in [1.54, 1.807) is 0 Å². The monoisotopic (exact) mass is 431 g/mol. The quantitative estimate of drug-likeness (QED) is 0.516. The van der Waals surface area contributed by atoms with Crippen molar-refractivity contribution in [1.29, 1.82) is 0 Å². The third-order valence-electron chi connectivity index (χ3n) is 5.22. The lowest BCUT2D eigenvalue weighted by molar-refractivity contribution is -0.144. The number of alkyl halides is 3. The van der Waals surface area contributed by atoms with Crippen molar-refractivity contribution in [2.45, 2.75) is 44.8 Å². The summed E-state index contributed by atoms with van der Waals surface area (Å²) in [4.78, 5) is 23.9. The van der Waals surface area contributed by atoms with Gasteiger partial charge < -0.3 is 10.1 Å². The predicted octanol–water partition coefficient (Wildman–Crippen LogP) is 5.02. The molecule has 4 nitrogen and oxygen atoms in total. The Morgan fingerprint density at radius 3 is 2.58 bits per heavy atom. The van der Waals surface area contributed by atoms with Gasteiger partial charge in [0.15, 0.2) is 6.61 Å². The SMILES string of the molecule is CC(NC(=O)COC(=O)/C=C/c1cccc(C(F)(F)F)c1)c1ccc2c(c1)CCCC2. The second-order valence-electron chi connectivity index (χ2n) is 7.59. The normalized spacial score (nSPS) is 14.7. The maximum atomic E-state index is 12.7. The molecule has 2 aromatic rings. The van der Waals surface area contributed by atoms with Crippen LogP contribution in [0.15, 0.2) is 48.5 Å². The smallest absolute Gasteiger partial charge is 0.416 e. The number of hydrogen-bond acceptors (Lipinski definition) is 3. The number of nitrogens with one attached hydrogen (secondary N) is 1. The van der Waals surface area contributed by atoms with E-state index in [4.69, 9.17) is 4.74 Å². The average Bonchev–Trinajstić information content (AvgIpc) is 2.75. The summed E-state index contributed by atoms with van der Waals surface area (Å²) in [6, 6.07) is 10.5. The molecule has 0 aromatic heterocycles. The molecule has 1 aliphatic rings. The van der Waals surface area contributed by atoms with Crippen LogP contribution in [-0.2, 0) is 33.3 Å². The van der Waals surface area contributed by atoms with Crippen LogP contribution < -0.4 is 5.32 Å². The highest BCUT2D eigenvalue weighted by molar-refractivity contribution is 5.89. The number of esters is 1. The minimum absolute atomic E-state index is 0.206. The molecule has 3 rings (SSSR count). The van der Waals surface area contributed by atoms with Gasteiger partial charge in [0, 0.05) is 6.08 Å². The van der Waals surface area contributed by atoms with Crippen LogP contribution in [0.5, 0.6) is 0 Å². The number of fused-ring (bicyclic) bond motifs is 1. The van der Waals surface area contributed by atoms with Gasteiger partial charge >= 0.3 is 12.1 Å².